The van der Waals surface area contributed by atoms with Crippen LogP contribution in [0.5, 0.6) is 5.75 Å². The normalized spacial score (nSPS) is 16.4. The van der Waals surface area contributed by atoms with Crippen molar-refractivity contribution in [3.63, 3.8) is 0 Å². The molecule has 0 radical (unpaired) electrons. The number of halogens is 1. The SMILES string of the molecule is CC(C)C(C(=O)Nc1ccc(C#N)cc1F)N1C(=O)N[C@H](c2ccc(OCCO)cc2)C1=O. The Bertz CT molecular complexity index is 1100. The molecule has 2 atom stereocenters. The molecule has 0 bridgehead atoms. The van der Waals surface area contributed by atoms with E-state index in [1.807, 2.05) is 0 Å². The summed E-state index contributed by atoms with van der Waals surface area (Å²) in [5.41, 5.74) is 0.426. The van der Waals surface area contributed by atoms with Gasteiger partial charge >= 0.3 is 6.03 Å². The van der Waals surface area contributed by atoms with Crippen LogP contribution < -0.4 is 15.4 Å². The van der Waals surface area contributed by atoms with Crippen LogP contribution in [0.25, 0.3) is 0 Å². The maximum atomic E-state index is 14.2. The molecule has 3 rings (SSSR count). The van der Waals surface area contributed by atoms with Gasteiger partial charge in [-0.1, -0.05) is 26.0 Å². The van der Waals surface area contributed by atoms with Crippen LogP contribution in [-0.4, -0.2) is 47.1 Å². The smallest absolute Gasteiger partial charge is 0.325 e. The fourth-order valence-electron chi connectivity index (χ4n) is 3.51. The Kier molecular flexibility index (Phi) is 7.25. The van der Waals surface area contributed by atoms with Gasteiger partial charge in [-0.05, 0) is 41.8 Å². The fraction of sp³-hybridized carbons (Fsp3) is 0.304. The van der Waals surface area contributed by atoms with E-state index >= 15 is 0 Å². The van der Waals surface area contributed by atoms with Gasteiger partial charge in [0, 0.05) is 0 Å². The predicted molar refractivity (Wildman–Crippen MR) is 116 cm³/mol. The minimum Gasteiger partial charge on any atom is -0.491 e. The second kappa shape index (κ2) is 10.1. The number of nitrogens with zero attached hydrogens (tertiary/aromatic N) is 2. The van der Waals surface area contributed by atoms with Gasteiger partial charge in [-0.25, -0.2) is 14.1 Å². The molecule has 0 aliphatic carbocycles. The van der Waals surface area contributed by atoms with Crippen molar-refractivity contribution in [2.24, 2.45) is 5.92 Å². The van der Waals surface area contributed by atoms with Crippen LogP contribution in [0.3, 0.4) is 0 Å². The molecule has 0 saturated carbocycles. The van der Waals surface area contributed by atoms with E-state index in [2.05, 4.69) is 10.6 Å². The first-order chi connectivity index (χ1) is 15.8. The number of rotatable bonds is 8. The first-order valence-corrected chi connectivity index (χ1v) is 10.2. The molecule has 1 heterocycles. The van der Waals surface area contributed by atoms with Crippen molar-refractivity contribution < 1.29 is 28.6 Å². The summed E-state index contributed by atoms with van der Waals surface area (Å²) in [6, 6.07) is 8.88. The molecule has 2 aromatic rings. The highest BCUT2D eigenvalue weighted by molar-refractivity contribution is 6.09. The van der Waals surface area contributed by atoms with E-state index in [0.29, 0.717) is 11.3 Å². The summed E-state index contributed by atoms with van der Waals surface area (Å²) in [6.07, 6.45) is 0. The zero-order valence-corrected chi connectivity index (χ0v) is 18.0. The van der Waals surface area contributed by atoms with Crippen LogP contribution >= 0.6 is 0 Å². The number of hydrogen-bond acceptors (Lipinski definition) is 6. The first kappa shape index (κ1) is 23.7. The molecule has 1 unspecified atom stereocenters. The Morgan fingerprint density at radius 2 is 1.97 bits per heavy atom. The lowest BCUT2D eigenvalue weighted by molar-refractivity contribution is -0.135. The topological polar surface area (TPSA) is 132 Å². The average Bonchev–Trinajstić information content (AvgIpc) is 3.08. The van der Waals surface area contributed by atoms with E-state index in [-0.39, 0.29) is 24.5 Å². The summed E-state index contributed by atoms with van der Waals surface area (Å²) in [6.45, 7) is 3.32. The molecule has 0 aromatic heterocycles. The fourth-order valence-corrected chi connectivity index (χ4v) is 3.51. The molecular weight excluding hydrogens is 431 g/mol. The van der Waals surface area contributed by atoms with Gasteiger partial charge in [0.25, 0.3) is 5.91 Å². The number of carbonyl (C=O) groups is 3. The van der Waals surface area contributed by atoms with Gasteiger partial charge in [0.2, 0.25) is 5.91 Å². The van der Waals surface area contributed by atoms with Gasteiger partial charge in [-0.3, -0.25) is 9.59 Å². The molecule has 2 aromatic carbocycles. The van der Waals surface area contributed by atoms with Crippen LogP contribution in [0.2, 0.25) is 0 Å². The molecule has 9 nitrogen and oxygen atoms in total. The number of aliphatic hydroxyl groups is 1. The zero-order chi connectivity index (χ0) is 24.1. The van der Waals surface area contributed by atoms with Crippen molar-refractivity contribution in [1.82, 2.24) is 10.2 Å². The molecule has 1 aliphatic rings. The van der Waals surface area contributed by atoms with Crippen LogP contribution in [0, 0.1) is 23.1 Å². The Morgan fingerprint density at radius 1 is 1.27 bits per heavy atom. The van der Waals surface area contributed by atoms with E-state index in [4.69, 9.17) is 15.1 Å². The summed E-state index contributed by atoms with van der Waals surface area (Å²) in [5, 5.41) is 22.7. The highest BCUT2D eigenvalue weighted by Crippen LogP contribution is 2.28. The Labute approximate surface area is 189 Å². The third-order valence-corrected chi connectivity index (χ3v) is 5.08. The van der Waals surface area contributed by atoms with Gasteiger partial charge in [-0.15, -0.1) is 0 Å². The van der Waals surface area contributed by atoms with E-state index in [1.165, 1.54) is 12.1 Å². The number of nitriles is 1. The number of aliphatic hydroxyl groups excluding tert-OH is 1. The second-order valence-electron chi connectivity index (χ2n) is 7.72. The number of benzene rings is 2. The number of nitrogens with one attached hydrogen (secondary N) is 2. The number of hydrogen-bond donors (Lipinski definition) is 3. The lowest BCUT2D eigenvalue weighted by atomic mass is 10.00. The molecule has 1 aliphatic heterocycles. The summed E-state index contributed by atoms with van der Waals surface area (Å²) in [7, 11) is 0. The van der Waals surface area contributed by atoms with Crippen molar-refractivity contribution in [2.75, 3.05) is 18.5 Å². The lowest BCUT2D eigenvalue weighted by Crippen LogP contribution is -2.50. The van der Waals surface area contributed by atoms with Gasteiger partial charge in [0.15, 0.2) is 0 Å². The number of ether oxygens (including phenoxy) is 1. The van der Waals surface area contributed by atoms with E-state index < -0.39 is 41.7 Å². The predicted octanol–water partition coefficient (Wildman–Crippen LogP) is 2.32. The summed E-state index contributed by atoms with van der Waals surface area (Å²) in [5.74, 6) is -2.12. The van der Waals surface area contributed by atoms with Crippen molar-refractivity contribution in [2.45, 2.75) is 25.9 Å². The summed E-state index contributed by atoms with van der Waals surface area (Å²) < 4.78 is 19.5. The van der Waals surface area contributed by atoms with Crippen LogP contribution in [-0.2, 0) is 9.59 Å². The van der Waals surface area contributed by atoms with Crippen molar-refractivity contribution >= 4 is 23.5 Å². The molecule has 3 N–H and O–H groups in total. The molecule has 172 valence electrons. The number of amides is 4. The summed E-state index contributed by atoms with van der Waals surface area (Å²) in [4.78, 5) is 39.6. The maximum absolute atomic E-state index is 14.2. The Balaban J connectivity index is 1.80. The molecule has 1 fully saturated rings. The van der Waals surface area contributed by atoms with Crippen LogP contribution in [0.4, 0.5) is 14.9 Å². The minimum absolute atomic E-state index is 0.0932. The number of urea groups is 1. The van der Waals surface area contributed by atoms with E-state index in [1.54, 1.807) is 44.2 Å². The standard InChI is InChI=1S/C23H23FN4O5/c1-13(2)20(21(30)26-18-8-3-14(12-25)11-17(18)24)28-22(31)19(27-23(28)32)15-4-6-16(7-5-15)33-10-9-29/h3-8,11,13,19-20,29H,9-10H2,1-2H3,(H,26,30)(H,27,32)/t19-,20?/m1/s1. The maximum Gasteiger partial charge on any atom is 0.325 e. The lowest BCUT2D eigenvalue weighted by Gasteiger charge is -2.27. The van der Waals surface area contributed by atoms with Crippen molar-refractivity contribution in [3.05, 3.63) is 59.4 Å². The molecule has 10 heteroatoms. The second-order valence-corrected chi connectivity index (χ2v) is 7.72. The highest BCUT2D eigenvalue weighted by atomic mass is 19.1. The Morgan fingerprint density at radius 3 is 2.55 bits per heavy atom. The third kappa shape index (κ3) is 5.10. The number of carbonyl (C=O) groups excluding carboxylic acids is 3. The van der Waals surface area contributed by atoms with Gasteiger partial charge < -0.3 is 20.5 Å². The van der Waals surface area contributed by atoms with Crippen LogP contribution in [0.1, 0.15) is 31.0 Å². The monoisotopic (exact) mass is 454 g/mol. The van der Waals surface area contributed by atoms with Gasteiger partial charge in [0.1, 0.15) is 30.3 Å². The molecule has 4 amide bonds. The average molecular weight is 454 g/mol. The first-order valence-electron chi connectivity index (χ1n) is 10.2. The largest absolute Gasteiger partial charge is 0.491 e. The van der Waals surface area contributed by atoms with E-state index in [9.17, 15) is 18.8 Å². The highest BCUT2D eigenvalue weighted by Gasteiger charge is 2.46. The third-order valence-electron chi connectivity index (χ3n) is 5.08. The van der Waals surface area contributed by atoms with E-state index in [0.717, 1.165) is 11.0 Å². The molecule has 33 heavy (non-hydrogen) atoms. The van der Waals surface area contributed by atoms with Gasteiger partial charge in [-0.2, -0.15) is 5.26 Å². The molecular formula is C23H23FN4O5. The van der Waals surface area contributed by atoms with Gasteiger partial charge in [0.05, 0.1) is 23.9 Å². The molecule has 0 spiro atoms. The zero-order valence-electron chi connectivity index (χ0n) is 18.0. The van der Waals surface area contributed by atoms with Crippen molar-refractivity contribution in [3.8, 4) is 11.8 Å². The van der Waals surface area contributed by atoms with Crippen LogP contribution in [0.15, 0.2) is 42.5 Å². The summed E-state index contributed by atoms with van der Waals surface area (Å²) >= 11 is 0. The number of imide groups is 1. The Hall–Kier alpha value is -3.97. The van der Waals surface area contributed by atoms with Crippen molar-refractivity contribution in [1.29, 1.82) is 5.26 Å². The number of anilines is 1. The quantitative estimate of drug-likeness (QED) is 0.525. The minimum atomic E-state index is -1.19. The molecule has 1 saturated heterocycles.